The van der Waals surface area contributed by atoms with Gasteiger partial charge in [-0.15, -0.1) is 0 Å². The molecule has 0 saturated heterocycles. The second kappa shape index (κ2) is 7.05. The van der Waals surface area contributed by atoms with Gasteiger partial charge in [-0.1, -0.05) is 42.0 Å². The number of hydrogen-bond donors (Lipinski definition) is 1. The number of aryl methyl sites for hydroxylation is 1. The first-order chi connectivity index (χ1) is 11.5. The van der Waals surface area contributed by atoms with Gasteiger partial charge in [-0.05, 0) is 43.5 Å². The van der Waals surface area contributed by atoms with Crippen LogP contribution < -0.4 is 4.72 Å². The first-order valence-corrected chi connectivity index (χ1v) is 9.81. The second-order valence-corrected chi connectivity index (χ2v) is 8.27. The second-order valence-electron chi connectivity index (χ2n) is 6.50. The normalized spacial score (nSPS) is 16.6. The number of rotatable bonds is 5. The predicted molar refractivity (Wildman–Crippen MR) is 96.4 cm³/mol. The molecular formula is C19H24N2O2S. The molecule has 128 valence electrons. The summed E-state index contributed by atoms with van der Waals surface area (Å²) in [6, 6.07) is 15.6. The van der Waals surface area contributed by atoms with Gasteiger partial charge in [0.1, 0.15) is 0 Å². The largest absolute Gasteiger partial charge is 0.295 e. The minimum absolute atomic E-state index is 0.151. The Balaban J connectivity index is 1.61. The Labute approximate surface area is 144 Å². The van der Waals surface area contributed by atoms with Crippen molar-refractivity contribution in [1.29, 1.82) is 0 Å². The van der Waals surface area contributed by atoms with Crippen LogP contribution in [0.5, 0.6) is 0 Å². The molecule has 1 aliphatic heterocycles. The molecule has 4 nitrogen and oxygen atoms in total. The Morgan fingerprint density at radius 3 is 2.46 bits per heavy atom. The van der Waals surface area contributed by atoms with Crippen molar-refractivity contribution in [3.63, 3.8) is 0 Å². The molecule has 1 heterocycles. The van der Waals surface area contributed by atoms with Crippen molar-refractivity contribution in [2.24, 2.45) is 0 Å². The van der Waals surface area contributed by atoms with E-state index in [1.165, 1.54) is 11.1 Å². The molecule has 2 aromatic rings. The molecule has 3 rings (SSSR count). The van der Waals surface area contributed by atoms with Gasteiger partial charge in [0.05, 0.1) is 4.90 Å². The molecule has 0 radical (unpaired) electrons. The summed E-state index contributed by atoms with van der Waals surface area (Å²) in [5, 5.41) is 0. The van der Waals surface area contributed by atoms with Crippen LogP contribution in [0.2, 0.25) is 0 Å². The predicted octanol–water partition coefficient (Wildman–Crippen LogP) is 2.72. The van der Waals surface area contributed by atoms with Crippen molar-refractivity contribution < 1.29 is 8.42 Å². The van der Waals surface area contributed by atoms with Crippen molar-refractivity contribution >= 4 is 10.0 Å². The van der Waals surface area contributed by atoms with Crippen LogP contribution >= 0.6 is 0 Å². The summed E-state index contributed by atoms with van der Waals surface area (Å²) < 4.78 is 27.5. The molecule has 5 heteroatoms. The number of hydrogen-bond acceptors (Lipinski definition) is 3. The maximum Gasteiger partial charge on any atom is 0.240 e. The molecule has 1 aliphatic rings. The monoisotopic (exact) mass is 344 g/mol. The lowest BCUT2D eigenvalue weighted by Crippen LogP contribution is -2.44. The topological polar surface area (TPSA) is 49.4 Å². The third-order valence-electron chi connectivity index (χ3n) is 4.68. The van der Waals surface area contributed by atoms with Crippen LogP contribution in [0.3, 0.4) is 0 Å². The van der Waals surface area contributed by atoms with Crippen molar-refractivity contribution in [1.82, 2.24) is 9.62 Å². The number of nitrogens with one attached hydrogen (secondary N) is 1. The van der Waals surface area contributed by atoms with Gasteiger partial charge in [0.15, 0.2) is 0 Å². The lowest BCUT2D eigenvalue weighted by atomic mass is 9.99. The first kappa shape index (κ1) is 17.1. The average Bonchev–Trinajstić information content (AvgIpc) is 2.59. The summed E-state index contributed by atoms with van der Waals surface area (Å²) in [6.45, 7) is 6.28. The van der Waals surface area contributed by atoms with Gasteiger partial charge in [0.2, 0.25) is 10.0 Å². The highest BCUT2D eigenvalue weighted by Crippen LogP contribution is 2.20. The van der Waals surface area contributed by atoms with Gasteiger partial charge >= 0.3 is 0 Å². The SMILES string of the molecule is Cc1ccc(S(=O)(=O)NCC(C)N2CCc3ccccc3C2)cc1. The van der Waals surface area contributed by atoms with Crippen LogP contribution in [0.4, 0.5) is 0 Å². The fourth-order valence-corrected chi connectivity index (χ4v) is 4.18. The van der Waals surface area contributed by atoms with Crippen LogP contribution in [-0.4, -0.2) is 32.4 Å². The molecule has 0 spiro atoms. The number of nitrogens with zero attached hydrogens (tertiary/aromatic N) is 1. The van der Waals surface area contributed by atoms with E-state index in [1.807, 2.05) is 19.1 Å². The number of benzene rings is 2. The van der Waals surface area contributed by atoms with E-state index in [9.17, 15) is 8.42 Å². The van der Waals surface area contributed by atoms with E-state index in [2.05, 4.69) is 40.8 Å². The summed E-state index contributed by atoms with van der Waals surface area (Å²) in [6.07, 6.45) is 1.02. The number of fused-ring (bicyclic) bond motifs is 1. The molecule has 24 heavy (non-hydrogen) atoms. The minimum Gasteiger partial charge on any atom is -0.295 e. The van der Waals surface area contributed by atoms with E-state index in [-0.39, 0.29) is 6.04 Å². The zero-order chi connectivity index (χ0) is 17.2. The summed E-state index contributed by atoms with van der Waals surface area (Å²) in [5.74, 6) is 0. The van der Waals surface area contributed by atoms with Crippen LogP contribution in [0.1, 0.15) is 23.6 Å². The Morgan fingerprint density at radius 2 is 1.75 bits per heavy atom. The number of sulfonamides is 1. The minimum atomic E-state index is -3.45. The van der Waals surface area contributed by atoms with Gasteiger partial charge in [-0.2, -0.15) is 0 Å². The van der Waals surface area contributed by atoms with E-state index in [4.69, 9.17) is 0 Å². The smallest absolute Gasteiger partial charge is 0.240 e. The third kappa shape index (κ3) is 3.86. The van der Waals surface area contributed by atoms with Gasteiger partial charge < -0.3 is 0 Å². The standard InChI is InChI=1S/C19H24N2O2S/c1-15-7-9-19(10-8-15)24(22,23)20-13-16(2)21-12-11-17-5-3-4-6-18(17)14-21/h3-10,16,20H,11-14H2,1-2H3. The van der Waals surface area contributed by atoms with E-state index in [0.29, 0.717) is 11.4 Å². The Bertz CT molecular complexity index is 800. The summed E-state index contributed by atoms with van der Waals surface area (Å²) >= 11 is 0. The van der Waals surface area contributed by atoms with Crippen LogP contribution in [0.15, 0.2) is 53.4 Å². The van der Waals surface area contributed by atoms with E-state index in [0.717, 1.165) is 25.1 Å². The molecule has 1 N–H and O–H groups in total. The Morgan fingerprint density at radius 1 is 1.08 bits per heavy atom. The fraction of sp³-hybridized carbons (Fsp3) is 0.368. The molecule has 1 unspecified atom stereocenters. The third-order valence-corrected chi connectivity index (χ3v) is 6.12. The van der Waals surface area contributed by atoms with Gasteiger partial charge in [0.25, 0.3) is 0 Å². The summed E-state index contributed by atoms with van der Waals surface area (Å²) in [5.41, 5.74) is 3.80. The van der Waals surface area contributed by atoms with E-state index < -0.39 is 10.0 Å². The van der Waals surface area contributed by atoms with Crippen molar-refractivity contribution in [3.05, 3.63) is 65.2 Å². The van der Waals surface area contributed by atoms with Crippen molar-refractivity contribution in [3.8, 4) is 0 Å². The summed E-state index contributed by atoms with van der Waals surface area (Å²) in [4.78, 5) is 2.66. The van der Waals surface area contributed by atoms with Gasteiger partial charge in [-0.3, -0.25) is 4.90 Å². The van der Waals surface area contributed by atoms with Gasteiger partial charge in [0, 0.05) is 25.7 Å². The highest BCUT2D eigenvalue weighted by atomic mass is 32.2. The van der Waals surface area contributed by atoms with E-state index >= 15 is 0 Å². The lowest BCUT2D eigenvalue weighted by molar-refractivity contribution is 0.192. The Hall–Kier alpha value is -1.69. The highest BCUT2D eigenvalue weighted by molar-refractivity contribution is 7.89. The van der Waals surface area contributed by atoms with E-state index in [1.54, 1.807) is 12.1 Å². The molecule has 1 atom stereocenters. The Kier molecular flexibility index (Phi) is 5.04. The molecule has 2 aromatic carbocycles. The molecule has 0 fully saturated rings. The van der Waals surface area contributed by atoms with Gasteiger partial charge in [-0.25, -0.2) is 13.1 Å². The van der Waals surface area contributed by atoms with Crippen molar-refractivity contribution in [2.45, 2.75) is 37.8 Å². The molecule has 0 bridgehead atoms. The first-order valence-electron chi connectivity index (χ1n) is 8.33. The highest BCUT2D eigenvalue weighted by Gasteiger charge is 2.22. The molecule has 0 saturated carbocycles. The lowest BCUT2D eigenvalue weighted by Gasteiger charge is -2.33. The average molecular weight is 344 g/mol. The molecule has 0 aromatic heterocycles. The fourth-order valence-electron chi connectivity index (χ4n) is 3.05. The zero-order valence-electron chi connectivity index (χ0n) is 14.2. The molecule has 0 aliphatic carbocycles. The maximum atomic E-state index is 12.4. The van der Waals surface area contributed by atoms with Crippen LogP contribution in [-0.2, 0) is 23.0 Å². The quantitative estimate of drug-likeness (QED) is 0.907. The zero-order valence-corrected chi connectivity index (χ0v) is 15.0. The maximum absolute atomic E-state index is 12.4. The summed E-state index contributed by atoms with van der Waals surface area (Å²) in [7, 11) is -3.45. The van der Waals surface area contributed by atoms with Crippen LogP contribution in [0.25, 0.3) is 0 Å². The van der Waals surface area contributed by atoms with Crippen LogP contribution in [0, 0.1) is 6.92 Å². The molecule has 0 amide bonds. The van der Waals surface area contributed by atoms with Crippen molar-refractivity contribution in [2.75, 3.05) is 13.1 Å². The molecular weight excluding hydrogens is 320 g/mol.